The average molecular weight is 290 g/mol. The third kappa shape index (κ3) is 6.27. The zero-order chi connectivity index (χ0) is 14.5. The van der Waals surface area contributed by atoms with Crippen molar-refractivity contribution in [3.63, 3.8) is 0 Å². The van der Waals surface area contributed by atoms with Crippen LogP contribution in [-0.2, 0) is 9.84 Å². The molecule has 0 unspecified atom stereocenters. The van der Waals surface area contributed by atoms with Gasteiger partial charge in [-0.25, -0.2) is 13.2 Å². The summed E-state index contributed by atoms with van der Waals surface area (Å²) in [6, 6.07) is -0.152. The fourth-order valence-corrected chi connectivity index (χ4v) is 3.52. The van der Waals surface area contributed by atoms with Crippen molar-refractivity contribution in [2.75, 3.05) is 24.6 Å². The molecule has 0 bridgehead atoms. The van der Waals surface area contributed by atoms with Crippen LogP contribution < -0.4 is 10.6 Å². The second-order valence-corrected chi connectivity index (χ2v) is 8.21. The van der Waals surface area contributed by atoms with E-state index in [2.05, 4.69) is 31.4 Å². The molecule has 0 aliphatic carbocycles. The second-order valence-electron chi connectivity index (χ2n) is 5.91. The molecule has 6 heteroatoms. The Morgan fingerprint density at radius 2 is 1.74 bits per heavy atom. The predicted molar refractivity (Wildman–Crippen MR) is 76.8 cm³/mol. The van der Waals surface area contributed by atoms with Crippen molar-refractivity contribution in [1.29, 1.82) is 0 Å². The van der Waals surface area contributed by atoms with Gasteiger partial charge in [-0.3, -0.25) is 0 Å². The normalized spacial score (nSPS) is 21.1. The van der Waals surface area contributed by atoms with E-state index in [1.54, 1.807) is 0 Å². The Bertz CT molecular complexity index is 379. The Kier molecular flexibility index (Phi) is 6.10. The summed E-state index contributed by atoms with van der Waals surface area (Å²) >= 11 is 0. The summed E-state index contributed by atoms with van der Waals surface area (Å²) in [7, 11) is -2.81. The number of carbonyl (C=O) groups excluding carboxylic acids is 1. The first-order valence-corrected chi connectivity index (χ1v) is 8.84. The summed E-state index contributed by atoms with van der Waals surface area (Å²) in [5.41, 5.74) is 0. The molecule has 19 heavy (non-hydrogen) atoms. The summed E-state index contributed by atoms with van der Waals surface area (Å²) in [5, 5.41) is 5.68. The van der Waals surface area contributed by atoms with Crippen LogP contribution in [0.4, 0.5) is 4.79 Å². The van der Waals surface area contributed by atoms with Crippen molar-refractivity contribution in [2.24, 2.45) is 17.8 Å². The molecule has 112 valence electrons. The summed E-state index contributed by atoms with van der Waals surface area (Å²) in [5.74, 6) is 1.79. The number of amides is 2. The van der Waals surface area contributed by atoms with Crippen molar-refractivity contribution in [2.45, 2.75) is 33.6 Å². The highest BCUT2D eigenvalue weighted by atomic mass is 32.2. The molecule has 1 rings (SSSR count). The van der Waals surface area contributed by atoms with Crippen LogP contribution in [-0.4, -0.2) is 39.0 Å². The highest BCUT2D eigenvalue weighted by Crippen LogP contribution is 2.17. The number of sulfone groups is 1. The quantitative estimate of drug-likeness (QED) is 0.803. The van der Waals surface area contributed by atoms with Gasteiger partial charge >= 0.3 is 6.03 Å². The maximum atomic E-state index is 11.6. The fourth-order valence-electron chi connectivity index (χ4n) is 1.93. The van der Waals surface area contributed by atoms with Gasteiger partial charge in [0.1, 0.15) is 9.84 Å². The minimum absolute atomic E-state index is 0.152. The van der Waals surface area contributed by atoms with Gasteiger partial charge in [-0.05, 0) is 30.6 Å². The van der Waals surface area contributed by atoms with Crippen LogP contribution in [0.15, 0.2) is 0 Å². The Hall–Kier alpha value is -0.780. The molecule has 1 aliphatic rings. The van der Waals surface area contributed by atoms with Gasteiger partial charge in [-0.2, -0.15) is 0 Å². The maximum absolute atomic E-state index is 11.6. The lowest BCUT2D eigenvalue weighted by Gasteiger charge is -2.22. The monoisotopic (exact) mass is 290 g/mol. The fraction of sp³-hybridized carbons (Fsp3) is 0.923. The van der Waals surface area contributed by atoms with Crippen molar-refractivity contribution in [3.05, 3.63) is 0 Å². The van der Waals surface area contributed by atoms with Crippen molar-refractivity contribution in [3.8, 4) is 0 Å². The number of urea groups is 1. The summed E-state index contributed by atoms with van der Waals surface area (Å²) < 4.78 is 22.6. The Balaban J connectivity index is 2.17. The van der Waals surface area contributed by atoms with Crippen LogP contribution in [0, 0.1) is 17.8 Å². The van der Waals surface area contributed by atoms with E-state index in [1.807, 2.05) is 0 Å². The van der Waals surface area contributed by atoms with Crippen molar-refractivity contribution in [1.82, 2.24) is 10.6 Å². The van der Waals surface area contributed by atoms with Crippen LogP contribution in [0.5, 0.6) is 0 Å². The molecule has 2 N–H and O–H groups in total. The van der Waals surface area contributed by atoms with Crippen molar-refractivity contribution < 1.29 is 13.2 Å². The first-order valence-electron chi connectivity index (χ1n) is 7.02. The molecule has 1 aliphatic heterocycles. The maximum Gasteiger partial charge on any atom is 0.314 e. The molecule has 0 spiro atoms. The minimum Gasteiger partial charge on any atom is -0.338 e. The molecule has 0 aromatic rings. The Morgan fingerprint density at radius 3 is 2.26 bits per heavy atom. The van der Waals surface area contributed by atoms with Gasteiger partial charge in [-0.1, -0.05) is 20.8 Å². The highest BCUT2D eigenvalue weighted by molar-refractivity contribution is 7.91. The number of rotatable bonds is 5. The van der Waals surface area contributed by atoms with Gasteiger partial charge in [0.05, 0.1) is 11.5 Å². The molecule has 0 aromatic carbocycles. The predicted octanol–water partition coefficient (Wildman–Crippen LogP) is 1.40. The molecular weight excluding hydrogens is 264 g/mol. The van der Waals surface area contributed by atoms with Gasteiger partial charge in [0.25, 0.3) is 0 Å². The van der Waals surface area contributed by atoms with Gasteiger partial charge in [0, 0.05) is 13.1 Å². The SMILES string of the molecule is CC(C)[C@@H](C)CNC(=O)NCC1CCS(=O)(=O)CC1. The molecule has 1 heterocycles. The lowest BCUT2D eigenvalue weighted by atomic mass is 9.98. The van der Waals surface area contributed by atoms with Gasteiger partial charge in [0.15, 0.2) is 0 Å². The van der Waals surface area contributed by atoms with Gasteiger partial charge in [0.2, 0.25) is 0 Å². The summed E-state index contributed by atoms with van der Waals surface area (Å²) in [4.78, 5) is 11.6. The van der Waals surface area contributed by atoms with Crippen LogP contribution in [0.3, 0.4) is 0 Å². The Labute approximate surface area is 116 Å². The van der Waals surface area contributed by atoms with Crippen LogP contribution >= 0.6 is 0 Å². The zero-order valence-electron chi connectivity index (χ0n) is 12.1. The third-order valence-electron chi connectivity index (χ3n) is 3.95. The van der Waals surface area contributed by atoms with Gasteiger partial charge < -0.3 is 10.6 Å². The molecular formula is C13H26N2O3S. The van der Waals surface area contributed by atoms with E-state index in [1.165, 1.54) is 0 Å². The van der Waals surface area contributed by atoms with Gasteiger partial charge in [-0.15, -0.1) is 0 Å². The van der Waals surface area contributed by atoms with Crippen LogP contribution in [0.2, 0.25) is 0 Å². The molecule has 5 nitrogen and oxygen atoms in total. The number of hydrogen-bond acceptors (Lipinski definition) is 3. The van der Waals surface area contributed by atoms with E-state index < -0.39 is 9.84 Å². The van der Waals surface area contributed by atoms with Crippen LogP contribution in [0.25, 0.3) is 0 Å². The van der Waals surface area contributed by atoms with E-state index in [-0.39, 0.29) is 23.5 Å². The number of carbonyl (C=O) groups is 1. The summed E-state index contributed by atoms with van der Waals surface area (Å²) in [6.07, 6.45) is 1.32. The van der Waals surface area contributed by atoms with E-state index in [4.69, 9.17) is 0 Å². The second kappa shape index (κ2) is 7.12. The van der Waals surface area contributed by atoms with E-state index in [9.17, 15) is 13.2 Å². The molecule has 0 saturated carbocycles. The molecule has 0 aromatic heterocycles. The van der Waals surface area contributed by atoms with Crippen molar-refractivity contribution >= 4 is 15.9 Å². The van der Waals surface area contributed by atoms with Crippen LogP contribution in [0.1, 0.15) is 33.6 Å². The minimum atomic E-state index is -2.81. The number of nitrogens with one attached hydrogen (secondary N) is 2. The zero-order valence-corrected chi connectivity index (χ0v) is 12.9. The number of hydrogen-bond donors (Lipinski definition) is 2. The lowest BCUT2D eigenvalue weighted by molar-refractivity contribution is 0.235. The van der Waals surface area contributed by atoms with E-state index >= 15 is 0 Å². The first-order chi connectivity index (χ1) is 8.80. The standard InChI is InChI=1S/C13H26N2O3S/c1-10(2)11(3)8-14-13(16)15-9-12-4-6-19(17,18)7-5-12/h10-12H,4-9H2,1-3H3,(H2,14,15,16)/t11-/m0/s1. The van der Waals surface area contributed by atoms with E-state index in [0.29, 0.717) is 37.8 Å². The molecule has 1 fully saturated rings. The summed E-state index contributed by atoms with van der Waals surface area (Å²) in [6.45, 7) is 7.61. The Morgan fingerprint density at radius 1 is 1.16 bits per heavy atom. The molecule has 1 atom stereocenters. The molecule has 0 radical (unpaired) electrons. The largest absolute Gasteiger partial charge is 0.338 e. The topological polar surface area (TPSA) is 75.3 Å². The van der Waals surface area contributed by atoms with E-state index in [0.717, 1.165) is 0 Å². The first kappa shape index (κ1) is 16.3. The third-order valence-corrected chi connectivity index (χ3v) is 5.66. The smallest absolute Gasteiger partial charge is 0.314 e. The highest BCUT2D eigenvalue weighted by Gasteiger charge is 2.23. The lowest BCUT2D eigenvalue weighted by Crippen LogP contribution is -2.41. The molecule has 1 saturated heterocycles. The average Bonchev–Trinajstić information content (AvgIpc) is 2.34. The molecule has 2 amide bonds.